The van der Waals surface area contributed by atoms with E-state index in [4.69, 9.17) is 9.52 Å². The number of amides is 2. The molecule has 106 valence electrons. The van der Waals surface area contributed by atoms with Crippen molar-refractivity contribution in [3.05, 3.63) is 24.2 Å². The summed E-state index contributed by atoms with van der Waals surface area (Å²) in [6.07, 6.45) is 4.50. The highest BCUT2D eigenvalue weighted by atomic mass is 16.4. The molecule has 19 heavy (non-hydrogen) atoms. The molecule has 0 aromatic carbocycles. The minimum atomic E-state index is -0.810. The van der Waals surface area contributed by atoms with Crippen molar-refractivity contribution < 1.29 is 19.1 Å². The molecular weight excluding hydrogens is 248 g/mol. The van der Waals surface area contributed by atoms with Crippen molar-refractivity contribution in [2.45, 2.75) is 38.8 Å². The number of furan rings is 1. The predicted molar refractivity (Wildman–Crippen MR) is 69.7 cm³/mol. The summed E-state index contributed by atoms with van der Waals surface area (Å²) in [5.74, 6) is -0.810. The van der Waals surface area contributed by atoms with Gasteiger partial charge in [-0.3, -0.25) is 4.79 Å². The zero-order valence-corrected chi connectivity index (χ0v) is 11.3. The van der Waals surface area contributed by atoms with Crippen LogP contribution < -0.4 is 5.32 Å². The zero-order valence-electron chi connectivity index (χ0n) is 11.3. The van der Waals surface area contributed by atoms with Crippen molar-refractivity contribution in [1.82, 2.24) is 10.2 Å². The molecule has 0 spiro atoms. The van der Waals surface area contributed by atoms with Gasteiger partial charge in [0.15, 0.2) is 0 Å². The summed E-state index contributed by atoms with van der Waals surface area (Å²) in [4.78, 5) is 23.8. The minimum Gasteiger partial charge on any atom is -0.481 e. The van der Waals surface area contributed by atoms with Gasteiger partial charge in [0.1, 0.15) is 0 Å². The Morgan fingerprint density at radius 1 is 1.53 bits per heavy atom. The summed E-state index contributed by atoms with van der Waals surface area (Å²) >= 11 is 0. The van der Waals surface area contributed by atoms with E-state index < -0.39 is 5.97 Å². The number of carboxylic acids is 1. The molecule has 2 N–H and O–H groups in total. The highest BCUT2D eigenvalue weighted by Crippen LogP contribution is 2.05. The van der Waals surface area contributed by atoms with Crippen LogP contribution in [0.1, 0.15) is 31.7 Å². The maximum atomic E-state index is 11.8. The van der Waals surface area contributed by atoms with E-state index in [1.54, 1.807) is 30.5 Å². The zero-order chi connectivity index (χ0) is 14.3. The molecule has 1 aromatic heterocycles. The Hall–Kier alpha value is -1.98. The van der Waals surface area contributed by atoms with Crippen LogP contribution in [0.15, 0.2) is 23.0 Å². The van der Waals surface area contributed by atoms with Crippen LogP contribution in [-0.2, 0) is 11.3 Å². The quantitative estimate of drug-likeness (QED) is 0.793. The third-order valence-electron chi connectivity index (χ3n) is 2.74. The number of urea groups is 1. The van der Waals surface area contributed by atoms with E-state index in [1.807, 2.05) is 6.92 Å². The van der Waals surface area contributed by atoms with Crippen LogP contribution in [0, 0.1) is 0 Å². The van der Waals surface area contributed by atoms with Gasteiger partial charge in [0.25, 0.3) is 0 Å². The van der Waals surface area contributed by atoms with Crippen LogP contribution in [0.2, 0.25) is 0 Å². The summed E-state index contributed by atoms with van der Waals surface area (Å²) in [7, 11) is 1.70. The molecule has 0 bridgehead atoms. The molecule has 0 radical (unpaired) electrons. The third kappa shape index (κ3) is 5.94. The lowest BCUT2D eigenvalue weighted by Crippen LogP contribution is -2.41. The van der Waals surface area contributed by atoms with Crippen molar-refractivity contribution >= 4 is 12.0 Å². The highest BCUT2D eigenvalue weighted by Gasteiger charge is 2.12. The molecule has 1 aromatic rings. The van der Waals surface area contributed by atoms with Gasteiger partial charge in [-0.2, -0.15) is 0 Å². The minimum absolute atomic E-state index is 0.0429. The Balaban J connectivity index is 2.27. The van der Waals surface area contributed by atoms with Gasteiger partial charge in [-0.1, -0.05) is 0 Å². The molecule has 1 atom stereocenters. The first kappa shape index (κ1) is 15.1. The van der Waals surface area contributed by atoms with Crippen molar-refractivity contribution in [2.75, 3.05) is 7.05 Å². The first-order valence-corrected chi connectivity index (χ1v) is 6.23. The Labute approximate surface area is 112 Å². The molecule has 6 heteroatoms. The Morgan fingerprint density at radius 2 is 2.26 bits per heavy atom. The number of carbonyl (C=O) groups is 2. The largest absolute Gasteiger partial charge is 0.481 e. The molecule has 6 nitrogen and oxygen atoms in total. The fourth-order valence-electron chi connectivity index (χ4n) is 1.68. The van der Waals surface area contributed by atoms with Crippen molar-refractivity contribution in [3.8, 4) is 0 Å². The van der Waals surface area contributed by atoms with E-state index in [1.165, 1.54) is 0 Å². The van der Waals surface area contributed by atoms with Gasteiger partial charge < -0.3 is 19.7 Å². The second kappa shape index (κ2) is 7.45. The maximum Gasteiger partial charge on any atom is 0.317 e. The van der Waals surface area contributed by atoms with Gasteiger partial charge in [0, 0.05) is 25.1 Å². The molecule has 1 rings (SSSR count). The second-order valence-corrected chi connectivity index (χ2v) is 4.62. The summed E-state index contributed by atoms with van der Waals surface area (Å²) in [5, 5.41) is 11.4. The fourth-order valence-corrected chi connectivity index (χ4v) is 1.68. The monoisotopic (exact) mass is 268 g/mol. The Bertz CT molecular complexity index is 403. The number of hydrogen-bond donors (Lipinski definition) is 2. The standard InChI is InChI=1S/C13H20N2O4/c1-10(4-3-5-12(16)17)14-13(18)15(2)8-11-6-7-19-9-11/h6-7,9-10H,3-5,8H2,1-2H3,(H,14,18)(H,16,17). The van der Waals surface area contributed by atoms with Crippen LogP contribution in [-0.4, -0.2) is 35.1 Å². The normalized spacial score (nSPS) is 11.9. The van der Waals surface area contributed by atoms with Crippen LogP contribution >= 0.6 is 0 Å². The van der Waals surface area contributed by atoms with Crippen LogP contribution in [0.3, 0.4) is 0 Å². The van der Waals surface area contributed by atoms with E-state index in [2.05, 4.69) is 5.32 Å². The molecular formula is C13H20N2O4. The molecule has 0 aliphatic rings. The van der Waals surface area contributed by atoms with Crippen molar-refractivity contribution in [2.24, 2.45) is 0 Å². The topological polar surface area (TPSA) is 82.8 Å². The lowest BCUT2D eigenvalue weighted by Gasteiger charge is -2.20. The SMILES string of the molecule is CC(CCCC(=O)O)NC(=O)N(C)Cc1ccoc1. The molecule has 0 saturated heterocycles. The number of carboxylic acid groups (broad SMARTS) is 1. The molecule has 0 saturated carbocycles. The van der Waals surface area contributed by atoms with E-state index in [0.29, 0.717) is 19.4 Å². The van der Waals surface area contributed by atoms with Gasteiger partial charge in [-0.15, -0.1) is 0 Å². The number of aliphatic carboxylic acids is 1. The number of nitrogens with zero attached hydrogens (tertiary/aromatic N) is 1. The van der Waals surface area contributed by atoms with Crippen LogP contribution in [0.4, 0.5) is 4.79 Å². The second-order valence-electron chi connectivity index (χ2n) is 4.62. The average molecular weight is 268 g/mol. The van der Waals surface area contributed by atoms with Crippen molar-refractivity contribution in [3.63, 3.8) is 0 Å². The Kier molecular flexibility index (Phi) is 5.92. The molecule has 0 aliphatic carbocycles. The molecule has 2 amide bonds. The summed E-state index contributed by atoms with van der Waals surface area (Å²) in [5.41, 5.74) is 0.927. The number of hydrogen-bond acceptors (Lipinski definition) is 3. The van der Waals surface area contributed by atoms with E-state index in [-0.39, 0.29) is 18.5 Å². The highest BCUT2D eigenvalue weighted by molar-refractivity contribution is 5.74. The number of rotatable bonds is 7. The third-order valence-corrected chi connectivity index (χ3v) is 2.74. The number of carbonyl (C=O) groups excluding carboxylic acids is 1. The summed E-state index contributed by atoms with van der Waals surface area (Å²) < 4.78 is 4.94. The van der Waals surface area contributed by atoms with E-state index >= 15 is 0 Å². The first-order chi connectivity index (χ1) is 8.99. The van der Waals surface area contributed by atoms with Gasteiger partial charge in [0.05, 0.1) is 19.1 Å². The molecule has 0 aliphatic heterocycles. The van der Waals surface area contributed by atoms with Gasteiger partial charge in [0.2, 0.25) is 0 Å². The maximum absolute atomic E-state index is 11.8. The first-order valence-electron chi connectivity index (χ1n) is 6.23. The molecule has 1 unspecified atom stereocenters. The predicted octanol–water partition coefficient (Wildman–Crippen LogP) is 2.06. The van der Waals surface area contributed by atoms with Gasteiger partial charge >= 0.3 is 12.0 Å². The number of nitrogens with one attached hydrogen (secondary N) is 1. The lowest BCUT2D eigenvalue weighted by molar-refractivity contribution is -0.137. The Morgan fingerprint density at radius 3 is 2.84 bits per heavy atom. The fraction of sp³-hybridized carbons (Fsp3) is 0.538. The smallest absolute Gasteiger partial charge is 0.317 e. The average Bonchev–Trinajstić information content (AvgIpc) is 2.81. The van der Waals surface area contributed by atoms with E-state index in [9.17, 15) is 9.59 Å². The van der Waals surface area contributed by atoms with E-state index in [0.717, 1.165) is 5.56 Å². The van der Waals surface area contributed by atoms with Crippen molar-refractivity contribution in [1.29, 1.82) is 0 Å². The summed E-state index contributed by atoms with van der Waals surface area (Å²) in [6, 6.07) is 1.59. The van der Waals surface area contributed by atoms with Gasteiger partial charge in [-0.05, 0) is 25.8 Å². The lowest BCUT2D eigenvalue weighted by atomic mass is 10.1. The summed E-state index contributed by atoms with van der Waals surface area (Å²) in [6.45, 7) is 2.34. The molecule has 1 heterocycles. The van der Waals surface area contributed by atoms with Crippen LogP contribution in [0.25, 0.3) is 0 Å². The molecule has 0 fully saturated rings. The van der Waals surface area contributed by atoms with Crippen LogP contribution in [0.5, 0.6) is 0 Å². The van der Waals surface area contributed by atoms with Gasteiger partial charge in [-0.25, -0.2) is 4.79 Å².